The minimum Gasteiger partial charge on any atom is -0.330 e. The zero-order valence-electron chi connectivity index (χ0n) is 13.0. The highest BCUT2D eigenvalue weighted by atomic mass is 16.2. The summed E-state index contributed by atoms with van der Waals surface area (Å²) in [7, 11) is 3.29. The molecule has 4 nitrogen and oxygen atoms in total. The fourth-order valence-electron chi connectivity index (χ4n) is 1.47. The van der Waals surface area contributed by atoms with E-state index >= 15 is 0 Å². The Balaban J connectivity index is 0.00000172. The third-order valence-electron chi connectivity index (χ3n) is 2.47. The summed E-state index contributed by atoms with van der Waals surface area (Å²) in [5.74, 6) is -0.103. The van der Waals surface area contributed by atoms with Crippen molar-refractivity contribution in [1.29, 1.82) is 0 Å². The van der Waals surface area contributed by atoms with E-state index in [2.05, 4.69) is 6.58 Å². The second kappa shape index (κ2) is 8.91. The standard InChI is InChI=1S/C14H18N2O2.C2H6/c1-11(2)16(14(18)15(3)4)10-13(17)12-8-6-5-7-9-12;1-2/h5-9H,1,10H2,2-4H3;1-2H3. The molecule has 1 aromatic rings. The molecule has 0 unspecified atom stereocenters. The molecule has 1 aromatic carbocycles. The second-order valence-electron chi connectivity index (χ2n) is 4.29. The number of nitrogens with zero attached hydrogens (tertiary/aromatic N) is 2. The van der Waals surface area contributed by atoms with Gasteiger partial charge in [0.25, 0.3) is 0 Å². The van der Waals surface area contributed by atoms with Crippen LogP contribution in [-0.4, -0.2) is 42.3 Å². The van der Waals surface area contributed by atoms with Crippen LogP contribution in [0.15, 0.2) is 42.6 Å². The topological polar surface area (TPSA) is 40.6 Å². The molecular weight excluding hydrogens is 252 g/mol. The quantitative estimate of drug-likeness (QED) is 0.791. The molecule has 0 fully saturated rings. The Bertz CT molecular complexity index is 453. The SMILES string of the molecule is C=C(C)N(CC(=O)c1ccccc1)C(=O)N(C)C.CC. The van der Waals surface area contributed by atoms with Crippen LogP contribution in [0.25, 0.3) is 0 Å². The molecule has 0 bridgehead atoms. The molecule has 20 heavy (non-hydrogen) atoms. The van der Waals surface area contributed by atoms with Gasteiger partial charge in [0.05, 0.1) is 6.54 Å². The van der Waals surface area contributed by atoms with Gasteiger partial charge in [0, 0.05) is 25.4 Å². The highest BCUT2D eigenvalue weighted by molar-refractivity contribution is 5.99. The number of rotatable bonds is 4. The average Bonchev–Trinajstić information content (AvgIpc) is 2.46. The lowest BCUT2D eigenvalue weighted by molar-refractivity contribution is 0.0949. The molecule has 0 N–H and O–H groups in total. The number of hydrogen-bond donors (Lipinski definition) is 0. The Hall–Kier alpha value is -2.10. The molecule has 0 aliphatic heterocycles. The van der Waals surface area contributed by atoms with E-state index in [1.807, 2.05) is 19.9 Å². The number of ketones is 1. The molecule has 0 heterocycles. The van der Waals surface area contributed by atoms with E-state index in [-0.39, 0.29) is 18.4 Å². The van der Waals surface area contributed by atoms with E-state index in [9.17, 15) is 9.59 Å². The summed E-state index contributed by atoms with van der Waals surface area (Å²) < 4.78 is 0. The normalized spacial score (nSPS) is 9.05. The van der Waals surface area contributed by atoms with Gasteiger partial charge in [0.1, 0.15) is 0 Å². The predicted molar refractivity (Wildman–Crippen MR) is 82.7 cm³/mol. The maximum Gasteiger partial charge on any atom is 0.324 e. The lowest BCUT2D eigenvalue weighted by atomic mass is 10.1. The first-order valence-corrected chi connectivity index (χ1v) is 6.66. The van der Waals surface area contributed by atoms with Gasteiger partial charge in [-0.15, -0.1) is 0 Å². The number of benzene rings is 1. The molecule has 0 radical (unpaired) electrons. The lowest BCUT2D eigenvalue weighted by Gasteiger charge is -2.25. The van der Waals surface area contributed by atoms with Gasteiger partial charge < -0.3 is 4.90 Å². The molecule has 0 saturated heterocycles. The smallest absolute Gasteiger partial charge is 0.324 e. The Morgan fingerprint density at radius 2 is 1.60 bits per heavy atom. The summed E-state index contributed by atoms with van der Waals surface area (Å²) in [6.07, 6.45) is 0. The van der Waals surface area contributed by atoms with Crippen LogP contribution in [0, 0.1) is 0 Å². The van der Waals surface area contributed by atoms with Crippen molar-refractivity contribution in [1.82, 2.24) is 9.80 Å². The number of Topliss-reactive ketones (excluding diaryl/α,β-unsaturated/α-hetero) is 1. The average molecular weight is 276 g/mol. The highest BCUT2D eigenvalue weighted by Gasteiger charge is 2.19. The van der Waals surface area contributed by atoms with Gasteiger partial charge in [-0.1, -0.05) is 50.8 Å². The highest BCUT2D eigenvalue weighted by Crippen LogP contribution is 2.08. The summed E-state index contributed by atoms with van der Waals surface area (Å²) in [6, 6.07) is 8.67. The van der Waals surface area contributed by atoms with Crippen LogP contribution >= 0.6 is 0 Å². The van der Waals surface area contributed by atoms with Crippen molar-refractivity contribution in [2.45, 2.75) is 20.8 Å². The Kier molecular flexibility index (Phi) is 7.97. The molecule has 0 aromatic heterocycles. The number of urea groups is 1. The molecule has 4 heteroatoms. The number of hydrogen-bond acceptors (Lipinski definition) is 2. The first-order chi connectivity index (χ1) is 9.43. The van der Waals surface area contributed by atoms with Crippen molar-refractivity contribution < 1.29 is 9.59 Å². The van der Waals surface area contributed by atoms with Gasteiger partial charge in [-0.2, -0.15) is 0 Å². The first kappa shape index (κ1) is 17.9. The molecule has 0 spiro atoms. The van der Waals surface area contributed by atoms with Crippen molar-refractivity contribution in [3.63, 3.8) is 0 Å². The van der Waals surface area contributed by atoms with Gasteiger partial charge in [0.15, 0.2) is 5.78 Å². The minimum atomic E-state index is -0.244. The molecule has 1 rings (SSSR count). The van der Waals surface area contributed by atoms with Crippen LogP contribution in [-0.2, 0) is 0 Å². The van der Waals surface area contributed by atoms with Gasteiger partial charge >= 0.3 is 6.03 Å². The summed E-state index contributed by atoms with van der Waals surface area (Å²) in [6.45, 7) is 9.45. The van der Waals surface area contributed by atoms with Crippen LogP contribution in [0.2, 0.25) is 0 Å². The van der Waals surface area contributed by atoms with Crippen molar-refractivity contribution in [3.05, 3.63) is 48.2 Å². The monoisotopic (exact) mass is 276 g/mol. The van der Waals surface area contributed by atoms with E-state index < -0.39 is 0 Å². The van der Waals surface area contributed by atoms with E-state index in [1.54, 1.807) is 45.3 Å². The zero-order valence-corrected chi connectivity index (χ0v) is 13.0. The van der Waals surface area contributed by atoms with E-state index in [4.69, 9.17) is 0 Å². The molecule has 2 amide bonds. The van der Waals surface area contributed by atoms with Gasteiger partial charge in [-0.05, 0) is 6.92 Å². The van der Waals surface area contributed by atoms with Crippen LogP contribution in [0.4, 0.5) is 4.79 Å². The molecule has 0 atom stereocenters. The van der Waals surface area contributed by atoms with Gasteiger partial charge in [-0.25, -0.2) is 4.79 Å². The largest absolute Gasteiger partial charge is 0.330 e. The molecular formula is C16H24N2O2. The number of carbonyl (C=O) groups is 2. The summed E-state index contributed by atoms with van der Waals surface area (Å²) >= 11 is 0. The number of allylic oxidation sites excluding steroid dienone is 1. The lowest BCUT2D eigenvalue weighted by Crippen LogP contribution is -2.40. The molecule has 0 saturated carbocycles. The third-order valence-corrected chi connectivity index (χ3v) is 2.47. The Labute approximate surface area is 121 Å². The number of carbonyl (C=O) groups excluding carboxylic acids is 2. The zero-order chi connectivity index (χ0) is 15.7. The van der Waals surface area contributed by atoms with Gasteiger partial charge in [0.2, 0.25) is 0 Å². The molecule has 0 aliphatic carbocycles. The Morgan fingerprint density at radius 3 is 2.00 bits per heavy atom. The summed E-state index contributed by atoms with van der Waals surface area (Å²) in [5, 5.41) is 0. The maximum atomic E-state index is 12.0. The minimum absolute atomic E-state index is 0.0103. The third kappa shape index (κ3) is 5.26. The summed E-state index contributed by atoms with van der Waals surface area (Å²) in [4.78, 5) is 26.7. The van der Waals surface area contributed by atoms with Gasteiger partial charge in [-0.3, -0.25) is 9.69 Å². The second-order valence-corrected chi connectivity index (χ2v) is 4.29. The predicted octanol–water partition coefficient (Wildman–Crippen LogP) is 3.41. The fraction of sp³-hybridized carbons (Fsp3) is 0.375. The van der Waals surface area contributed by atoms with Crippen molar-refractivity contribution in [2.24, 2.45) is 0 Å². The molecule has 110 valence electrons. The first-order valence-electron chi connectivity index (χ1n) is 6.66. The fourth-order valence-corrected chi connectivity index (χ4v) is 1.47. The van der Waals surface area contributed by atoms with Crippen molar-refractivity contribution in [2.75, 3.05) is 20.6 Å². The van der Waals surface area contributed by atoms with E-state index in [0.29, 0.717) is 11.3 Å². The maximum absolute atomic E-state index is 12.0. The Morgan fingerprint density at radius 1 is 1.10 bits per heavy atom. The van der Waals surface area contributed by atoms with Crippen LogP contribution in [0.1, 0.15) is 31.1 Å². The van der Waals surface area contributed by atoms with Crippen molar-refractivity contribution in [3.8, 4) is 0 Å². The molecule has 0 aliphatic rings. The van der Waals surface area contributed by atoms with Crippen molar-refractivity contribution >= 4 is 11.8 Å². The van der Waals surface area contributed by atoms with Crippen LogP contribution in [0.5, 0.6) is 0 Å². The van der Waals surface area contributed by atoms with Crippen LogP contribution in [0.3, 0.4) is 0 Å². The summed E-state index contributed by atoms with van der Waals surface area (Å²) in [5.41, 5.74) is 1.15. The number of amides is 2. The van der Waals surface area contributed by atoms with E-state index in [0.717, 1.165) is 0 Å². The van der Waals surface area contributed by atoms with Crippen LogP contribution < -0.4 is 0 Å². The van der Waals surface area contributed by atoms with E-state index in [1.165, 1.54) is 9.80 Å².